The summed E-state index contributed by atoms with van der Waals surface area (Å²) in [4.78, 5) is 7.27. The second-order valence-electron chi connectivity index (χ2n) is 6.63. The van der Waals surface area contributed by atoms with Crippen LogP contribution >= 0.6 is 0 Å². The Hall–Kier alpha value is -1.87. The predicted molar refractivity (Wildman–Crippen MR) is 94.7 cm³/mol. The van der Waals surface area contributed by atoms with E-state index in [2.05, 4.69) is 46.3 Å². The van der Waals surface area contributed by atoms with Gasteiger partial charge in [0.15, 0.2) is 11.5 Å². The number of likely N-dealkylation sites (tertiary alicyclic amines) is 1. The number of benzene rings is 2. The number of hydrogen-bond acceptors (Lipinski definition) is 3. The second-order valence-corrected chi connectivity index (χ2v) is 6.63. The summed E-state index contributed by atoms with van der Waals surface area (Å²) in [7, 11) is 0. The molecule has 0 bridgehead atoms. The van der Waals surface area contributed by atoms with Gasteiger partial charge >= 0.3 is 0 Å². The standard InChI is InChI=1S/C20H24N2O/c1-5-11-22(12-6-1)13-7-4-10-20-21-18-14-16-8-2-3-9-17(16)15-19(18)23-20/h2-3,8-9,14-15H,1,4-7,10-13H2. The molecule has 0 saturated carbocycles. The third-order valence-corrected chi connectivity index (χ3v) is 4.86. The zero-order valence-electron chi connectivity index (χ0n) is 13.6. The van der Waals surface area contributed by atoms with Gasteiger partial charge in [0.1, 0.15) is 5.52 Å². The van der Waals surface area contributed by atoms with Crippen molar-refractivity contribution in [2.75, 3.05) is 19.6 Å². The number of rotatable bonds is 5. The van der Waals surface area contributed by atoms with Crippen molar-refractivity contribution in [1.82, 2.24) is 9.88 Å². The molecule has 0 unspecified atom stereocenters. The second kappa shape index (κ2) is 6.71. The van der Waals surface area contributed by atoms with Gasteiger partial charge < -0.3 is 9.32 Å². The minimum absolute atomic E-state index is 0.883. The molecule has 0 amide bonds. The van der Waals surface area contributed by atoms with Gasteiger partial charge in [0, 0.05) is 6.42 Å². The molecule has 0 radical (unpaired) electrons. The Labute approximate surface area is 137 Å². The zero-order chi connectivity index (χ0) is 15.5. The number of aromatic nitrogens is 1. The van der Waals surface area contributed by atoms with Crippen molar-refractivity contribution in [2.24, 2.45) is 0 Å². The molecule has 0 atom stereocenters. The number of piperidine rings is 1. The Balaban J connectivity index is 1.38. The van der Waals surface area contributed by atoms with Crippen molar-refractivity contribution in [3.05, 3.63) is 42.3 Å². The van der Waals surface area contributed by atoms with E-state index in [0.717, 1.165) is 29.8 Å². The summed E-state index contributed by atoms with van der Waals surface area (Å²) in [5.41, 5.74) is 1.89. The van der Waals surface area contributed by atoms with Crippen LogP contribution in [0.3, 0.4) is 0 Å². The van der Waals surface area contributed by atoms with Crippen LogP contribution in [0.4, 0.5) is 0 Å². The van der Waals surface area contributed by atoms with E-state index in [9.17, 15) is 0 Å². The molecule has 4 rings (SSSR count). The number of hydrogen-bond donors (Lipinski definition) is 0. The normalized spacial score (nSPS) is 16.3. The van der Waals surface area contributed by atoms with Crippen LogP contribution in [0.1, 0.15) is 38.0 Å². The van der Waals surface area contributed by atoms with E-state index in [4.69, 9.17) is 4.42 Å². The smallest absolute Gasteiger partial charge is 0.195 e. The number of unbranched alkanes of at least 4 members (excludes halogenated alkanes) is 1. The first-order chi connectivity index (χ1) is 11.4. The van der Waals surface area contributed by atoms with Crippen LogP contribution in [-0.4, -0.2) is 29.5 Å². The average molecular weight is 308 g/mol. The van der Waals surface area contributed by atoms with Crippen molar-refractivity contribution in [3.8, 4) is 0 Å². The van der Waals surface area contributed by atoms with Crippen LogP contribution in [0.5, 0.6) is 0 Å². The van der Waals surface area contributed by atoms with Crippen molar-refractivity contribution in [2.45, 2.75) is 38.5 Å². The topological polar surface area (TPSA) is 29.3 Å². The monoisotopic (exact) mass is 308 g/mol. The number of nitrogens with zero attached hydrogens (tertiary/aromatic N) is 2. The van der Waals surface area contributed by atoms with E-state index in [0.29, 0.717) is 0 Å². The van der Waals surface area contributed by atoms with Gasteiger partial charge in [-0.3, -0.25) is 0 Å². The first kappa shape index (κ1) is 14.7. The molecule has 1 fully saturated rings. The van der Waals surface area contributed by atoms with E-state index in [1.54, 1.807) is 0 Å². The van der Waals surface area contributed by atoms with Crippen molar-refractivity contribution in [1.29, 1.82) is 0 Å². The molecule has 1 saturated heterocycles. The van der Waals surface area contributed by atoms with E-state index in [-0.39, 0.29) is 0 Å². The first-order valence-electron chi connectivity index (χ1n) is 8.89. The van der Waals surface area contributed by atoms with Gasteiger partial charge in [-0.2, -0.15) is 0 Å². The number of aryl methyl sites for hydroxylation is 1. The van der Waals surface area contributed by atoms with E-state index >= 15 is 0 Å². The lowest BCUT2D eigenvalue weighted by Gasteiger charge is -2.26. The van der Waals surface area contributed by atoms with Gasteiger partial charge in [-0.15, -0.1) is 0 Å². The maximum absolute atomic E-state index is 5.94. The highest BCUT2D eigenvalue weighted by molar-refractivity contribution is 5.94. The highest BCUT2D eigenvalue weighted by atomic mass is 16.3. The highest BCUT2D eigenvalue weighted by Gasteiger charge is 2.10. The SMILES string of the molecule is c1ccc2cc3oc(CCCCN4CCCCC4)nc3cc2c1. The van der Waals surface area contributed by atoms with Crippen LogP contribution < -0.4 is 0 Å². The molecule has 0 N–H and O–H groups in total. The minimum atomic E-state index is 0.883. The fraction of sp³-hybridized carbons (Fsp3) is 0.450. The molecule has 120 valence electrons. The van der Waals surface area contributed by atoms with Gasteiger partial charge in [0.25, 0.3) is 0 Å². The van der Waals surface area contributed by atoms with E-state index in [1.807, 2.05) is 0 Å². The molecule has 1 aliphatic rings. The Morgan fingerprint density at radius 1 is 0.957 bits per heavy atom. The average Bonchev–Trinajstić information content (AvgIpc) is 2.99. The lowest BCUT2D eigenvalue weighted by atomic mass is 10.1. The van der Waals surface area contributed by atoms with Gasteiger partial charge in [-0.25, -0.2) is 4.98 Å². The molecule has 0 spiro atoms. The Morgan fingerprint density at radius 2 is 1.74 bits per heavy atom. The summed E-state index contributed by atoms with van der Waals surface area (Å²) in [6, 6.07) is 12.6. The fourth-order valence-electron chi connectivity index (χ4n) is 3.56. The number of oxazole rings is 1. The molecule has 3 nitrogen and oxygen atoms in total. The molecule has 1 aromatic heterocycles. The Kier molecular flexibility index (Phi) is 4.29. The molecule has 3 heteroatoms. The molecule has 23 heavy (non-hydrogen) atoms. The summed E-state index contributed by atoms with van der Waals surface area (Å²) in [6.45, 7) is 3.80. The van der Waals surface area contributed by atoms with Crippen LogP contribution in [-0.2, 0) is 6.42 Å². The Bertz CT molecular complexity index is 734. The summed E-state index contributed by atoms with van der Waals surface area (Å²) in [5, 5.41) is 2.44. The van der Waals surface area contributed by atoms with Crippen LogP contribution in [0.15, 0.2) is 40.8 Å². The molecule has 1 aliphatic heterocycles. The summed E-state index contributed by atoms with van der Waals surface area (Å²) >= 11 is 0. The maximum atomic E-state index is 5.94. The largest absolute Gasteiger partial charge is 0.441 e. The molecule has 3 aromatic rings. The molecule has 2 aromatic carbocycles. The molecule has 0 aliphatic carbocycles. The predicted octanol–water partition coefficient (Wildman–Crippen LogP) is 4.79. The minimum Gasteiger partial charge on any atom is -0.441 e. The molecular formula is C20H24N2O. The van der Waals surface area contributed by atoms with Crippen LogP contribution in [0.25, 0.3) is 21.9 Å². The van der Waals surface area contributed by atoms with E-state index < -0.39 is 0 Å². The van der Waals surface area contributed by atoms with Crippen molar-refractivity contribution < 1.29 is 4.42 Å². The van der Waals surface area contributed by atoms with Gasteiger partial charge in [-0.05, 0) is 68.2 Å². The van der Waals surface area contributed by atoms with Gasteiger partial charge in [-0.1, -0.05) is 30.7 Å². The van der Waals surface area contributed by atoms with Crippen molar-refractivity contribution >= 4 is 21.9 Å². The summed E-state index contributed by atoms with van der Waals surface area (Å²) in [5.74, 6) is 0.883. The Morgan fingerprint density at radius 3 is 2.57 bits per heavy atom. The summed E-state index contributed by atoms with van der Waals surface area (Å²) in [6.07, 6.45) is 7.49. The first-order valence-corrected chi connectivity index (χ1v) is 8.89. The third-order valence-electron chi connectivity index (χ3n) is 4.86. The lowest BCUT2D eigenvalue weighted by molar-refractivity contribution is 0.224. The van der Waals surface area contributed by atoms with Crippen molar-refractivity contribution in [3.63, 3.8) is 0 Å². The summed E-state index contributed by atoms with van der Waals surface area (Å²) < 4.78 is 5.94. The molecule has 2 heterocycles. The lowest BCUT2D eigenvalue weighted by Crippen LogP contribution is -2.30. The van der Waals surface area contributed by atoms with E-state index in [1.165, 1.54) is 56.1 Å². The van der Waals surface area contributed by atoms with Crippen LogP contribution in [0.2, 0.25) is 0 Å². The number of fused-ring (bicyclic) bond motifs is 2. The van der Waals surface area contributed by atoms with Gasteiger partial charge in [0.05, 0.1) is 0 Å². The zero-order valence-corrected chi connectivity index (χ0v) is 13.6. The third kappa shape index (κ3) is 3.40. The van der Waals surface area contributed by atoms with Crippen LogP contribution in [0, 0.1) is 0 Å². The maximum Gasteiger partial charge on any atom is 0.195 e. The quantitative estimate of drug-likeness (QED) is 0.635. The fourth-order valence-corrected chi connectivity index (χ4v) is 3.56. The van der Waals surface area contributed by atoms with Gasteiger partial charge in [0.2, 0.25) is 0 Å². The highest BCUT2D eigenvalue weighted by Crippen LogP contribution is 2.24. The molecular weight excluding hydrogens is 284 g/mol.